The van der Waals surface area contributed by atoms with Crippen molar-refractivity contribution in [2.24, 2.45) is 5.92 Å². The van der Waals surface area contributed by atoms with E-state index in [1.54, 1.807) is 23.5 Å². The van der Waals surface area contributed by atoms with E-state index >= 15 is 0 Å². The van der Waals surface area contributed by atoms with Gasteiger partial charge in [0.25, 0.3) is 0 Å². The number of carboxylic acids is 1. The molecule has 1 aromatic heterocycles. The Labute approximate surface area is 110 Å². The molecule has 1 amide bonds. The second-order valence-corrected chi connectivity index (χ2v) is 4.44. The molecule has 0 spiro atoms. The van der Waals surface area contributed by atoms with Crippen molar-refractivity contribution < 1.29 is 14.7 Å². The van der Waals surface area contributed by atoms with Crippen LogP contribution in [0.1, 0.15) is 6.92 Å². The minimum Gasteiger partial charge on any atom is -0.481 e. The van der Waals surface area contributed by atoms with Crippen molar-refractivity contribution in [2.75, 3.05) is 31.1 Å². The minimum atomic E-state index is -1.08. The number of amides is 1. The molecule has 2 heterocycles. The third-order valence-electron chi connectivity index (χ3n) is 3.21. The number of rotatable bonds is 3. The van der Waals surface area contributed by atoms with Crippen molar-refractivity contribution in [3.63, 3.8) is 0 Å². The van der Waals surface area contributed by atoms with Gasteiger partial charge in [-0.05, 0) is 6.92 Å². The fourth-order valence-corrected chi connectivity index (χ4v) is 1.99. The van der Waals surface area contributed by atoms with Gasteiger partial charge in [-0.25, -0.2) is 4.98 Å². The second kappa shape index (κ2) is 5.64. The number of nitrogens with zero attached hydrogens (tertiary/aromatic N) is 4. The molecule has 0 bridgehead atoms. The summed E-state index contributed by atoms with van der Waals surface area (Å²) in [6.45, 7) is 3.70. The zero-order chi connectivity index (χ0) is 13.8. The molecule has 0 saturated carbocycles. The van der Waals surface area contributed by atoms with E-state index < -0.39 is 11.9 Å². The summed E-state index contributed by atoms with van der Waals surface area (Å²) in [5.41, 5.74) is 0. The molecule has 1 N–H and O–H groups in total. The van der Waals surface area contributed by atoms with E-state index in [-0.39, 0.29) is 5.91 Å². The lowest BCUT2D eigenvalue weighted by Gasteiger charge is -2.35. The Hall–Kier alpha value is -2.18. The fraction of sp³-hybridized carbons (Fsp3) is 0.500. The number of hydrogen-bond donors (Lipinski definition) is 1. The summed E-state index contributed by atoms with van der Waals surface area (Å²) >= 11 is 0. The van der Waals surface area contributed by atoms with Crippen molar-refractivity contribution in [2.45, 2.75) is 6.92 Å². The zero-order valence-corrected chi connectivity index (χ0v) is 10.7. The summed E-state index contributed by atoms with van der Waals surface area (Å²) in [4.78, 5) is 34.5. The average molecular weight is 264 g/mol. The third-order valence-corrected chi connectivity index (χ3v) is 3.21. The van der Waals surface area contributed by atoms with Crippen molar-refractivity contribution >= 4 is 17.7 Å². The summed E-state index contributed by atoms with van der Waals surface area (Å²) in [7, 11) is 0. The normalized spacial score (nSPS) is 17.1. The molecule has 19 heavy (non-hydrogen) atoms. The molecule has 1 saturated heterocycles. The number of anilines is 1. The molecule has 1 aliphatic rings. The van der Waals surface area contributed by atoms with E-state index in [4.69, 9.17) is 5.11 Å². The van der Waals surface area contributed by atoms with Crippen LogP contribution in [0.5, 0.6) is 0 Å². The first-order chi connectivity index (χ1) is 9.09. The van der Waals surface area contributed by atoms with Gasteiger partial charge in [0.05, 0.1) is 6.20 Å². The molecule has 1 aromatic rings. The molecule has 7 nitrogen and oxygen atoms in total. The molecule has 102 valence electrons. The van der Waals surface area contributed by atoms with Crippen LogP contribution in [0.4, 0.5) is 5.82 Å². The van der Waals surface area contributed by atoms with Crippen LogP contribution in [0.3, 0.4) is 0 Å². The smallest absolute Gasteiger partial charge is 0.315 e. The highest BCUT2D eigenvalue weighted by atomic mass is 16.4. The van der Waals surface area contributed by atoms with Crippen molar-refractivity contribution in [1.82, 2.24) is 14.9 Å². The number of carbonyl (C=O) groups is 2. The Morgan fingerprint density at radius 2 is 1.95 bits per heavy atom. The van der Waals surface area contributed by atoms with Crippen LogP contribution in [0, 0.1) is 5.92 Å². The van der Waals surface area contributed by atoms with Crippen molar-refractivity contribution in [3.05, 3.63) is 18.6 Å². The number of carboxylic acid groups (broad SMARTS) is 1. The minimum absolute atomic E-state index is 0.328. The Morgan fingerprint density at radius 3 is 2.47 bits per heavy atom. The summed E-state index contributed by atoms with van der Waals surface area (Å²) < 4.78 is 0. The fourth-order valence-electron chi connectivity index (χ4n) is 1.99. The molecule has 0 aliphatic carbocycles. The molecule has 1 aliphatic heterocycles. The van der Waals surface area contributed by atoms with Crippen molar-refractivity contribution in [1.29, 1.82) is 0 Å². The van der Waals surface area contributed by atoms with Gasteiger partial charge >= 0.3 is 5.97 Å². The maximum absolute atomic E-state index is 11.9. The van der Waals surface area contributed by atoms with Gasteiger partial charge in [0.15, 0.2) is 0 Å². The molecule has 1 fully saturated rings. The SMILES string of the molecule is CC(C(=O)O)C(=O)N1CCN(c2cnccn2)CC1. The number of aliphatic carboxylic acids is 1. The van der Waals surface area contributed by atoms with Gasteiger partial charge < -0.3 is 14.9 Å². The van der Waals surface area contributed by atoms with Crippen LogP contribution in [-0.2, 0) is 9.59 Å². The number of piperazine rings is 1. The predicted molar refractivity (Wildman–Crippen MR) is 67.6 cm³/mol. The Bertz CT molecular complexity index is 457. The van der Waals surface area contributed by atoms with Crippen LogP contribution in [0.25, 0.3) is 0 Å². The van der Waals surface area contributed by atoms with E-state index in [9.17, 15) is 9.59 Å². The summed E-state index contributed by atoms with van der Waals surface area (Å²) in [6.07, 6.45) is 4.91. The van der Waals surface area contributed by atoms with Gasteiger partial charge in [0, 0.05) is 38.6 Å². The number of aromatic nitrogens is 2. The average Bonchev–Trinajstić information content (AvgIpc) is 2.46. The van der Waals surface area contributed by atoms with Gasteiger partial charge in [-0.15, -0.1) is 0 Å². The second-order valence-electron chi connectivity index (χ2n) is 4.44. The summed E-state index contributed by atoms with van der Waals surface area (Å²) in [5.74, 6) is -1.61. The van der Waals surface area contributed by atoms with E-state index in [0.717, 1.165) is 5.82 Å². The maximum atomic E-state index is 11.9. The quantitative estimate of drug-likeness (QED) is 0.764. The van der Waals surface area contributed by atoms with E-state index in [0.29, 0.717) is 26.2 Å². The highest BCUT2D eigenvalue weighted by molar-refractivity contribution is 5.96. The van der Waals surface area contributed by atoms with Gasteiger partial charge in [0.2, 0.25) is 5.91 Å². The Morgan fingerprint density at radius 1 is 1.26 bits per heavy atom. The lowest BCUT2D eigenvalue weighted by atomic mass is 10.1. The van der Waals surface area contributed by atoms with E-state index in [1.807, 2.05) is 4.90 Å². The molecular weight excluding hydrogens is 248 g/mol. The van der Waals surface area contributed by atoms with Gasteiger partial charge in [-0.1, -0.05) is 0 Å². The standard InChI is InChI=1S/C12H16N4O3/c1-9(12(18)19)11(17)16-6-4-15(5-7-16)10-8-13-2-3-14-10/h2-3,8-9H,4-7H2,1H3,(H,18,19). The third kappa shape index (κ3) is 2.98. The monoisotopic (exact) mass is 264 g/mol. The van der Waals surface area contributed by atoms with Crippen LogP contribution in [0.2, 0.25) is 0 Å². The first kappa shape index (κ1) is 13.3. The lowest BCUT2D eigenvalue weighted by molar-refractivity contribution is -0.150. The van der Waals surface area contributed by atoms with Crippen LogP contribution in [-0.4, -0.2) is 58.0 Å². The molecule has 7 heteroatoms. The molecule has 0 aromatic carbocycles. The van der Waals surface area contributed by atoms with E-state index in [1.165, 1.54) is 6.92 Å². The Kier molecular flexibility index (Phi) is 3.94. The first-order valence-electron chi connectivity index (χ1n) is 6.12. The number of carbonyl (C=O) groups excluding carboxylic acids is 1. The largest absolute Gasteiger partial charge is 0.481 e. The van der Waals surface area contributed by atoms with Gasteiger partial charge in [-0.3, -0.25) is 14.6 Å². The number of hydrogen-bond acceptors (Lipinski definition) is 5. The summed E-state index contributed by atoms with van der Waals surface area (Å²) in [5, 5.41) is 8.84. The first-order valence-corrected chi connectivity index (χ1v) is 6.12. The molecule has 0 radical (unpaired) electrons. The predicted octanol–water partition coefficient (Wildman–Crippen LogP) is -0.154. The van der Waals surface area contributed by atoms with Crippen molar-refractivity contribution in [3.8, 4) is 0 Å². The highest BCUT2D eigenvalue weighted by Crippen LogP contribution is 2.13. The zero-order valence-electron chi connectivity index (χ0n) is 10.7. The topological polar surface area (TPSA) is 86.6 Å². The molecule has 1 unspecified atom stereocenters. The van der Waals surface area contributed by atoms with E-state index in [2.05, 4.69) is 9.97 Å². The van der Waals surface area contributed by atoms with Crippen LogP contribution in [0.15, 0.2) is 18.6 Å². The molecular formula is C12H16N4O3. The highest BCUT2D eigenvalue weighted by Gasteiger charge is 2.28. The lowest BCUT2D eigenvalue weighted by Crippen LogP contribution is -2.51. The van der Waals surface area contributed by atoms with Gasteiger partial charge in [0.1, 0.15) is 11.7 Å². The van der Waals surface area contributed by atoms with Crippen LogP contribution < -0.4 is 4.90 Å². The molecule has 1 atom stereocenters. The maximum Gasteiger partial charge on any atom is 0.315 e. The Balaban J connectivity index is 1.93. The van der Waals surface area contributed by atoms with Gasteiger partial charge in [-0.2, -0.15) is 0 Å². The van der Waals surface area contributed by atoms with Crippen LogP contribution >= 0.6 is 0 Å². The summed E-state index contributed by atoms with van der Waals surface area (Å²) in [6, 6.07) is 0. The molecule has 2 rings (SSSR count).